The third-order valence-electron chi connectivity index (χ3n) is 2.53. The molecular weight excluding hydrogens is 226 g/mol. The van der Waals surface area contributed by atoms with Crippen molar-refractivity contribution in [3.05, 3.63) is 48.0 Å². The Morgan fingerprint density at radius 2 is 1.94 bits per heavy atom. The first-order valence-corrected chi connectivity index (χ1v) is 5.43. The van der Waals surface area contributed by atoms with Crippen LogP contribution < -0.4 is 15.8 Å². The molecule has 2 aromatic carbocycles. The maximum Gasteiger partial charge on any atom is 0.120 e. The third kappa shape index (κ3) is 2.53. The van der Waals surface area contributed by atoms with E-state index in [1.165, 1.54) is 0 Å². The van der Waals surface area contributed by atoms with E-state index < -0.39 is 0 Å². The van der Waals surface area contributed by atoms with Gasteiger partial charge in [0.05, 0.1) is 18.4 Å². The number of nitrogens with two attached hydrogens (primary N) is 1. The number of nitrogen functional groups attached to an aromatic ring is 1. The number of nitriles is 1. The van der Waals surface area contributed by atoms with Gasteiger partial charge in [-0.1, -0.05) is 6.07 Å². The second-order valence-electron chi connectivity index (χ2n) is 3.77. The molecule has 90 valence electrons. The standard InChI is InChI=1S/C14H13N3O/c1-18-13-4-2-3-11(7-13)17-12-6-5-10(9-15)14(16)8-12/h2-8,17H,16H2,1H3. The van der Waals surface area contributed by atoms with Crippen LogP contribution in [0.5, 0.6) is 5.75 Å². The molecule has 0 bridgehead atoms. The van der Waals surface area contributed by atoms with E-state index in [0.29, 0.717) is 11.3 Å². The number of hydrogen-bond acceptors (Lipinski definition) is 4. The summed E-state index contributed by atoms with van der Waals surface area (Å²) in [5.41, 5.74) is 8.43. The lowest BCUT2D eigenvalue weighted by Gasteiger charge is -2.09. The minimum atomic E-state index is 0.463. The van der Waals surface area contributed by atoms with E-state index in [1.807, 2.05) is 36.4 Å². The van der Waals surface area contributed by atoms with Crippen LogP contribution in [0, 0.1) is 11.3 Å². The van der Waals surface area contributed by atoms with Crippen molar-refractivity contribution in [2.24, 2.45) is 0 Å². The first-order valence-electron chi connectivity index (χ1n) is 5.43. The van der Waals surface area contributed by atoms with Crippen molar-refractivity contribution in [2.45, 2.75) is 0 Å². The lowest BCUT2D eigenvalue weighted by atomic mass is 10.1. The fourth-order valence-corrected chi connectivity index (χ4v) is 1.61. The van der Waals surface area contributed by atoms with Crippen molar-refractivity contribution in [2.75, 3.05) is 18.2 Å². The molecule has 0 saturated heterocycles. The quantitative estimate of drug-likeness (QED) is 0.808. The molecule has 0 aliphatic heterocycles. The van der Waals surface area contributed by atoms with E-state index in [2.05, 4.69) is 5.32 Å². The number of nitrogens with zero attached hydrogens (tertiary/aromatic N) is 1. The van der Waals surface area contributed by atoms with Crippen molar-refractivity contribution in [3.63, 3.8) is 0 Å². The van der Waals surface area contributed by atoms with Gasteiger partial charge >= 0.3 is 0 Å². The normalized spacial score (nSPS) is 9.56. The molecule has 0 unspecified atom stereocenters. The molecule has 0 spiro atoms. The zero-order valence-corrected chi connectivity index (χ0v) is 9.97. The van der Waals surface area contributed by atoms with E-state index >= 15 is 0 Å². The van der Waals surface area contributed by atoms with Gasteiger partial charge in [-0.25, -0.2) is 0 Å². The lowest BCUT2D eigenvalue weighted by molar-refractivity contribution is 0.415. The molecule has 0 aliphatic carbocycles. The van der Waals surface area contributed by atoms with Crippen molar-refractivity contribution in [3.8, 4) is 11.8 Å². The highest BCUT2D eigenvalue weighted by Crippen LogP contribution is 2.23. The van der Waals surface area contributed by atoms with Crippen LogP contribution in [0.25, 0.3) is 0 Å². The first-order chi connectivity index (χ1) is 8.72. The number of methoxy groups -OCH3 is 1. The Morgan fingerprint density at radius 3 is 2.61 bits per heavy atom. The van der Waals surface area contributed by atoms with E-state index in [4.69, 9.17) is 15.7 Å². The summed E-state index contributed by atoms with van der Waals surface area (Å²) in [6, 6.07) is 14.9. The van der Waals surface area contributed by atoms with Gasteiger partial charge in [-0.3, -0.25) is 0 Å². The van der Waals surface area contributed by atoms with Crippen molar-refractivity contribution < 1.29 is 4.74 Å². The molecule has 4 nitrogen and oxygen atoms in total. The maximum absolute atomic E-state index is 8.80. The second-order valence-corrected chi connectivity index (χ2v) is 3.77. The second kappa shape index (κ2) is 5.11. The van der Waals surface area contributed by atoms with Gasteiger partial charge in [0, 0.05) is 17.4 Å². The van der Waals surface area contributed by atoms with Crippen LogP contribution in [0.4, 0.5) is 17.1 Å². The highest BCUT2D eigenvalue weighted by atomic mass is 16.5. The van der Waals surface area contributed by atoms with Gasteiger partial charge in [-0.05, 0) is 30.3 Å². The SMILES string of the molecule is COc1cccc(Nc2ccc(C#N)c(N)c2)c1. The monoisotopic (exact) mass is 239 g/mol. The highest BCUT2D eigenvalue weighted by Gasteiger charge is 2.01. The summed E-state index contributed by atoms with van der Waals surface area (Å²) in [7, 11) is 1.62. The highest BCUT2D eigenvalue weighted by molar-refractivity contribution is 5.68. The average Bonchev–Trinajstić information content (AvgIpc) is 2.39. The van der Waals surface area contributed by atoms with Gasteiger partial charge in [-0.2, -0.15) is 5.26 Å². The predicted octanol–water partition coefficient (Wildman–Crippen LogP) is 2.89. The molecule has 0 heterocycles. The van der Waals surface area contributed by atoms with Crippen LogP contribution in [0.2, 0.25) is 0 Å². The number of anilines is 3. The molecule has 18 heavy (non-hydrogen) atoms. The van der Waals surface area contributed by atoms with Crippen molar-refractivity contribution in [1.82, 2.24) is 0 Å². The Hall–Kier alpha value is -2.67. The largest absolute Gasteiger partial charge is 0.497 e. The fraction of sp³-hybridized carbons (Fsp3) is 0.0714. The van der Waals surface area contributed by atoms with Gasteiger partial charge in [0.1, 0.15) is 11.8 Å². The van der Waals surface area contributed by atoms with Crippen LogP contribution in [0.15, 0.2) is 42.5 Å². The fourth-order valence-electron chi connectivity index (χ4n) is 1.61. The Morgan fingerprint density at radius 1 is 1.17 bits per heavy atom. The van der Waals surface area contributed by atoms with E-state index in [0.717, 1.165) is 17.1 Å². The van der Waals surface area contributed by atoms with Crippen molar-refractivity contribution in [1.29, 1.82) is 5.26 Å². The minimum Gasteiger partial charge on any atom is -0.497 e. The summed E-state index contributed by atoms with van der Waals surface area (Å²) in [6.07, 6.45) is 0. The molecule has 0 aromatic heterocycles. The number of hydrogen-bond donors (Lipinski definition) is 2. The molecule has 0 fully saturated rings. The Kier molecular flexibility index (Phi) is 3.35. The average molecular weight is 239 g/mol. The van der Waals surface area contributed by atoms with Gasteiger partial charge in [-0.15, -0.1) is 0 Å². The van der Waals surface area contributed by atoms with E-state index in [1.54, 1.807) is 19.2 Å². The summed E-state index contributed by atoms with van der Waals surface area (Å²) in [4.78, 5) is 0. The smallest absolute Gasteiger partial charge is 0.120 e. The maximum atomic E-state index is 8.80. The summed E-state index contributed by atoms with van der Waals surface area (Å²) in [6.45, 7) is 0. The predicted molar refractivity (Wildman–Crippen MR) is 71.8 cm³/mol. The zero-order valence-electron chi connectivity index (χ0n) is 9.97. The number of ether oxygens (including phenoxy) is 1. The molecule has 0 saturated carbocycles. The molecule has 3 N–H and O–H groups in total. The molecule has 0 aliphatic rings. The van der Waals surface area contributed by atoms with Crippen LogP contribution in [-0.4, -0.2) is 7.11 Å². The Bertz CT molecular complexity index is 602. The minimum absolute atomic E-state index is 0.463. The third-order valence-corrected chi connectivity index (χ3v) is 2.53. The van der Waals surface area contributed by atoms with Gasteiger partial charge in [0.2, 0.25) is 0 Å². The van der Waals surface area contributed by atoms with Gasteiger partial charge < -0.3 is 15.8 Å². The molecular formula is C14H13N3O. The van der Waals surface area contributed by atoms with Crippen LogP contribution in [-0.2, 0) is 0 Å². The number of benzene rings is 2. The first kappa shape index (κ1) is 11.8. The number of rotatable bonds is 3. The molecule has 0 atom stereocenters. The van der Waals surface area contributed by atoms with Gasteiger partial charge in [0.25, 0.3) is 0 Å². The summed E-state index contributed by atoms with van der Waals surface area (Å²) >= 11 is 0. The number of nitrogens with one attached hydrogen (secondary N) is 1. The van der Waals surface area contributed by atoms with Crippen molar-refractivity contribution >= 4 is 17.1 Å². The van der Waals surface area contributed by atoms with E-state index in [-0.39, 0.29) is 0 Å². The summed E-state index contributed by atoms with van der Waals surface area (Å²) in [5, 5.41) is 12.0. The molecule has 2 rings (SSSR count). The van der Waals surface area contributed by atoms with E-state index in [9.17, 15) is 0 Å². The summed E-state index contributed by atoms with van der Waals surface area (Å²) in [5.74, 6) is 0.779. The molecule has 2 aromatic rings. The zero-order chi connectivity index (χ0) is 13.0. The van der Waals surface area contributed by atoms with Crippen LogP contribution >= 0.6 is 0 Å². The van der Waals surface area contributed by atoms with Crippen LogP contribution in [0.3, 0.4) is 0 Å². The topological polar surface area (TPSA) is 71.1 Å². The van der Waals surface area contributed by atoms with Crippen LogP contribution in [0.1, 0.15) is 5.56 Å². The Balaban J connectivity index is 2.23. The molecule has 0 radical (unpaired) electrons. The molecule has 4 heteroatoms. The Labute approximate surface area is 106 Å². The molecule has 0 amide bonds. The lowest BCUT2D eigenvalue weighted by Crippen LogP contribution is -1.95. The summed E-state index contributed by atoms with van der Waals surface area (Å²) < 4.78 is 5.15. The van der Waals surface area contributed by atoms with Gasteiger partial charge in [0.15, 0.2) is 0 Å².